The normalized spacial score (nSPS) is 16.7. The van der Waals surface area contributed by atoms with Gasteiger partial charge in [0.1, 0.15) is 6.04 Å². The van der Waals surface area contributed by atoms with Gasteiger partial charge in [-0.3, -0.25) is 9.59 Å². The van der Waals surface area contributed by atoms with Gasteiger partial charge in [0, 0.05) is 18.2 Å². The third-order valence-corrected chi connectivity index (χ3v) is 2.96. The number of carbonyl (C=O) groups excluding carboxylic acids is 2. The Morgan fingerprint density at radius 2 is 2.11 bits per heavy atom. The standard InChI is InChI=1S/C14H19N3O2/c1-9(2)16-13(18)8-15-14(19)12-7-10-5-3-4-6-11(10)17-12/h3-6,9,12,17H,7-8H2,1-2H3,(H,15,19)(H,16,18). The van der Waals surface area contributed by atoms with Gasteiger partial charge in [0.15, 0.2) is 0 Å². The molecule has 1 aromatic rings. The average molecular weight is 261 g/mol. The Kier molecular flexibility index (Phi) is 4.04. The predicted octanol–water partition coefficient (Wildman–Crippen LogP) is 0.664. The minimum atomic E-state index is -0.288. The van der Waals surface area contributed by atoms with Crippen molar-refractivity contribution in [1.29, 1.82) is 0 Å². The van der Waals surface area contributed by atoms with Gasteiger partial charge < -0.3 is 16.0 Å². The summed E-state index contributed by atoms with van der Waals surface area (Å²) < 4.78 is 0. The van der Waals surface area contributed by atoms with Crippen LogP contribution >= 0.6 is 0 Å². The molecule has 0 spiro atoms. The minimum Gasteiger partial charge on any atom is -0.373 e. The fourth-order valence-electron chi connectivity index (χ4n) is 2.12. The second kappa shape index (κ2) is 5.73. The molecule has 2 rings (SSSR count). The summed E-state index contributed by atoms with van der Waals surface area (Å²) in [5.74, 6) is -0.311. The van der Waals surface area contributed by atoms with Gasteiger partial charge in [0.2, 0.25) is 11.8 Å². The summed E-state index contributed by atoms with van der Waals surface area (Å²) in [6.45, 7) is 3.79. The monoisotopic (exact) mass is 261 g/mol. The van der Waals surface area contributed by atoms with E-state index in [1.807, 2.05) is 38.1 Å². The highest BCUT2D eigenvalue weighted by Gasteiger charge is 2.26. The van der Waals surface area contributed by atoms with Crippen LogP contribution in [0.15, 0.2) is 24.3 Å². The lowest BCUT2D eigenvalue weighted by atomic mass is 10.1. The Morgan fingerprint density at radius 3 is 2.79 bits per heavy atom. The number of nitrogens with one attached hydrogen (secondary N) is 3. The highest BCUT2D eigenvalue weighted by atomic mass is 16.2. The van der Waals surface area contributed by atoms with E-state index < -0.39 is 0 Å². The molecular formula is C14H19N3O2. The zero-order valence-electron chi connectivity index (χ0n) is 11.2. The molecule has 3 N–H and O–H groups in total. The first-order chi connectivity index (χ1) is 9.06. The molecule has 102 valence electrons. The molecule has 1 unspecified atom stereocenters. The van der Waals surface area contributed by atoms with E-state index in [1.165, 1.54) is 0 Å². The molecule has 0 radical (unpaired) electrons. The first-order valence-electron chi connectivity index (χ1n) is 6.48. The molecule has 0 aromatic heterocycles. The number of para-hydroxylation sites is 1. The molecule has 2 amide bonds. The third-order valence-electron chi connectivity index (χ3n) is 2.96. The van der Waals surface area contributed by atoms with Crippen LogP contribution in [0.5, 0.6) is 0 Å². The molecule has 0 saturated carbocycles. The van der Waals surface area contributed by atoms with E-state index in [-0.39, 0.29) is 30.4 Å². The van der Waals surface area contributed by atoms with Crippen molar-refractivity contribution in [1.82, 2.24) is 10.6 Å². The lowest BCUT2D eigenvalue weighted by Gasteiger charge is -2.13. The maximum absolute atomic E-state index is 12.0. The molecule has 5 nitrogen and oxygen atoms in total. The van der Waals surface area contributed by atoms with Crippen molar-refractivity contribution in [3.63, 3.8) is 0 Å². The smallest absolute Gasteiger partial charge is 0.243 e. The summed E-state index contributed by atoms with van der Waals surface area (Å²) in [6.07, 6.45) is 0.661. The number of anilines is 1. The summed E-state index contributed by atoms with van der Waals surface area (Å²) in [6, 6.07) is 7.64. The van der Waals surface area contributed by atoms with Crippen LogP contribution in [0.1, 0.15) is 19.4 Å². The van der Waals surface area contributed by atoms with Crippen LogP contribution in [0.4, 0.5) is 5.69 Å². The van der Waals surface area contributed by atoms with E-state index in [2.05, 4.69) is 16.0 Å². The molecule has 1 heterocycles. The number of rotatable bonds is 4. The summed E-state index contributed by atoms with van der Waals surface area (Å²) in [5, 5.41) is 8.54. The number of benzene rings is 1. The second-order valence-electron chi connectivity index (χ2n) is 5.00. The molecule has 1 aromatic carbocycles. The Hall–Kier alpha value is -2.04. The molecule has 5 heteroatoms. The summed E-state index contributed by atoms with van der Waals surface area (Å²) in [5.41, 5.74) is 2.13. The second-order valence-corrected chi connectivity index (χ2v) is 5.00. The maximum Gasteiger partial charge on any atom is 0.243 e. The quantitative estimate of drug-likeness (QED) is 0.746. The van der Waals surface area contributed by atoms with Crippen LogP contribution in [0.25, 0.3) is 0 Å². The van der Waals surface area contributed by atoms with Crippen molar-refractivity contribution < 1.29 is 9.59 Å². The fraction of sp³-hybridized carbons (Fsp3) is 0.429. The van der Waals surface area contributed by atoms with Crippen molar-refractivity contribution >= 4 is 17.5 Å². The molecule has 0 bridgehead atoms. The lowest BCUT2D eigenvalue weighted by Crippen LogP contribution is -2.44. The number of hydrogen-bond acceptors (Lipinski definition) is 3. The highest BCUT2D eigenvalue weighted by molar-refractivity contribution is 5.90. The summed E-state index contributed by atoms with van der Waals surface area (Å²) >= 11 is 0. The zero-order valence-corrected chi connectivity index (χ0v) is 11.2. The Labute approximate surface area is 112 Å². The van der Waals surface area contributed by atoms with Crippen molar-refractivity contribution in [2.75, 3.05) is 11.9 Å². The summed E-state index contributed by atoms with van der Waals surface area (Å²) in [4.78, 5) is 23.4. The SMILES string of the molecule is CC(C)NC(=O)CNC(=O)C1Cc2ccccc2N1. The Morgan fingerprint density at radius 1 is 1.37 bits per heavy atom. The van der Waals surface area contributed by atoms with Gasteiger partial charge in [-0.1, -0.05) is 18.2 Å². The van der Waals surface area contributed by atoms with Crippen LogP contribution in [0.2, 0.25) is 0 Å². The van der Waals surface area contributed by atoms with Crippen molar-refractivity contribution in [2.45, 2.75) is 32.4 Å². The molecule has 19 heavy (non-hydrogen) atoms. The highest BCUT2D eigenvalue weighted by Crippen LogP contribution is 2.24. The minimum absolute atomic E-state index is 0.0194. The number of carbonyl (C=O) groups is 2. The molecule has 0 aliphatic carbocycles. The Bertz CT molecular complexity index is 460. The van der Waals surface area contributed by atoms with Gasteiger partial charge in [-0.15, -0.1) is 0 Å². The van der Waals surface area contributed by atoms with Gasteiger partial charge in [0.05, 0.1) is 6.54 Å². The topological polar surface area (TPSA) is 70.2 Å². The van der Waals surface area contributed by atoms with Crippen LogP contribution < -0.4 is 16.0 Å². The van der Waals surface area contributed by atoms with Crippen LogP contribution in [0, 0.1) is 0 Å². The lowest BCUT2D eigenvalue weighted by molar-refractivity contribution is -0.126. The van der Waals surface area contributed by atoms with E-state index in [0.717, 1.165) is 11.3 Å². The molecule has 1 atom stereocenters. The zero-order chi connectivity index (χ0) is 13.8. The third kappa shape index (κ3) is 3.47. The van der Waals surface area contributed by atoms with Gasteiger partial charge in [-0.25, -0.2) is 0 Å². The van der Waals surface area contributed by atoms with Gasteiger partial charge in [0.25, 0.3) is 0 Å². The molecule has 1 aliphatic heterocycles. The molecule has 0 fully saturated rings. The number of hydrogen-bond donors (Lipinski definition) is 3. The summed E-state index contributed by atoms with van der Waals surface area (Å²) in [7, 11) is 0. The first-order valence-corrected chi connectivity index (χ1v) is 6.48. The number of fused-ring (bicyclic) bond motifs is 1. The first kappa shape index (κ1) is 13.4. The molecule has 1 aliphatic rings. The predicted molar refractivity (Wildman–Crippen MR) is 73.8 cm³/mol. The molecular weight excluding hydrogens is 242 g/mol. The van der Waals surface area contributed by atoms with Crippen molar-refractivity contribution in [3.8, 4) is 0 Å². The van der Waals surface area contributed by atoms with E-state index >= 15 is 0 Å². The van der Waals surface area contributed by atoms with E-state index in [9.17, 15) is 9.59 Å². The largest absolute Gasteiger partial charge is 0.373 e. The van der Waals surface area contributed by atoms with Gasteiger partial charge in [-0.2, -0.15) is 0 Å². The average Bonchev–Trinajstić information content (AvgIpc) is 2.78. The van der Waals surface area contributed by atoms with Gasteiger partial charge in [-0.05, 0) is 25.5 Å². The molecule has 0 saturated heterocycles. The maximum atomic E-state index is 12.0. The van der Waals surface area contributed by atoms with Crippen molar-refractivity contribution in [3.05, 3.63) is 29.8 Å². The van der Waals surface area contributed by atoms with E-state index in [4.69, 9.17) is 0 Å². The van der Waals surface area contributed by atoms with Crippen molar-refractivity contribution in [2.24, 2.45) is 0 Å². The number of amides is 2. The van der Waals surface area contributed by atoms with Crippen LogP contribution in [0.3, 0.4) is 0 Å². The van der Waals surface area contributed by atoms with Gasteiger partial charge >= 0.3 is 0 Å². The fourth-order valence-corrected chi connectivity index (χ4v) is 2.12. The Balaban J connectivity index is 1.82. The van der Waals surface area contributed by atoms with E-state index in [1.54, 1.807) is 0 Å². The van der Waals surface area contributed by atoms with Crippen LogP contribution in [-0.4, -0.2) is 30.4 Å². The van der Waals surface area contributed by atoms with Crippen LogP contribution in [-0.2, 0) is 16.0 Å². The van der Waals surface area contributed by atoms with E-state index in [0.29, 0.717) is 6.42 Å².